The van der Waals surface area contributed by atoms with E-state index in [1.54, 1.807) is 5.57 Å². The van der Waals surface area contributed by atoms with Gasteiger partial charge in [-0.25, -0.2) is 0 Å². The maximum absolute atomic E-state index is 6.28. The standard InChI is InChI=1S/C28H36BNO2/c1-27(2)28(3,4)32-29(31-27)24-13-8-12-22(17-24)16-23-18-25-14-9-15-26(19-23)30(25)20-21-10-6-5-7-11-21/h5-8,10-13,17-18,25-26H,9,14-16,19-20H2,1-4H3. The van der Waals surface area contributed by atoms with Crippen LogP contribution in [-0.4, -0.2) is 35.3 Å². The molecule has 32 heavy (non-hydrogen) atoms. The van der Waals surface area contributed by atoms with Crippen molar-refractivity contribution in [3.63, 3.8) is 0 Å². The molecule has 2 aromatic rings. The highest BCUT2D eigenvalue weighted by molar-refractivity contribution is 6.62. The predicted octanol–water partition coefficient (Wildman–Crippen LogP) is 5.28. The van der Waals surface area contributed by atoms with E-state index in [2.05, 4.69) is 93.3 Å². The number of fused-ring (bicyclic) bond motifs is 2. The SMILES string of the molecule is CC1(C)OB(c2cccc(CC3=CC4CCCC(C3)N4Cc3ccccc3)c2)OC1(C)C. The summed E-state index contributed by atoms with van der Waals surface area (Å²) >= 11 is 0. The molecule has 0 radical (unpaired) electrons. The predicted molar refractivity (Wildman–Crippen MR) is 132 cm³/mol. The largest absolute Gasteiger partial charge is 0.494 e. The van der Waals surface area contributed by atoms with E-state index in [-0.39, 0.29) is 18.3 Å². The Hall–Kier alpha value is -1.88. The quantitative estimate of drug-likeness (QED) is 0.477. The van der Waals surface area contributed by atoms with Gasteiger partial charge in [-0.3, -0.25) is 4.90 Å². The number of benzene rings is 2. The fourth-order valence-corrected chi connectivity index (χ4v) is 5.47. The molecule has 2 bridgehead atoms. The molecule has 0 aromatic heterocycles. The van der Waals surface area contributed by atoms with Gasteiger partial charge in [-0.2, -0.15) is 0 Å². The number of piperidine rings is 1. The molecule has 2 atom stereocenters. The van der Waals surface area contributed by atoms with E-state index < -0.39 is 0 Å². The molecule has 5 rings (SSSR count). The zero-order chi connectivity index (χ0) is 22.3. The Bertz CT molecular complexity index is 968. The molecule has 2 aromatic carbocycles. The van der Waals surface area contributed by atoms with Crippen LogP contribution in [0.5, 0.6) is 0 Å². The summed E-state index contributed by atoms with van der Waals surface area (Å²) in [5, 5.41) is 0. The summed E-state index contributed by atoms with van der Waals surface area (Å²) in [6, 6.07) is 21.0. The molecule has 2 fully saturated rings. The van der Waals surface area contributed by atoms with Crippen molar-refractivity contribution in [2.24, 2.45) is 0 Å². The summed E-state index contributed by atoms with van der Waals surface area (Å²) in [7, 11) is -0.291. The molecule has 3 nitrogen and oxygen atoms in total. The first-order chi connectivity index (χ1) is 15.3. The summed E-state index contributed by atoms with van der Waals surface area (Å²) in [6.07, 6.45) is 8.72. The maximum atomic E-state index is 6.28. The van der Waals surface area contributed by atoms with Gasteiger partial charge in [-0.1, -0.05) is 72.7 Å². The highest BCUT2D eigenvalue weighted by Gasteiger charge is 2.51. The molecule has 168 valence electrons. The second kappa shape index (κ2) is 8.48. The Morgan fingerprint density at radius 2 is 1.62 bits per heavy atom. The number of nitrogens with zero attached hydrogens (tertiary/aromatic N) is 1. The minimum absolute atomic E-state index is 0.291. The van der Waals surface area contributed by atoms with E-state index in [0.717, 1.165) is 18.4 Å². The van der Waals surface area contributed by atoms with Gasteiger partial charge in [-0.05, 0) is 70.0 Å². The van der Waals surface area contributed by atoms with Crippen LogP contribution in [0.3, 0.4) is 0 Å². The molecule has 2 unspecified atom stereocenters. The molecule has 4 heteroatoms. The second-order valence-electron chi connectivity index (χ2n) is 10.8. The lowest BCUT2D eigenvalue weighted by molar-refractivity contribution is 0.00578. The molecule has 0 saturated carbocycles. The summed E-state index contributed by atoms with van der Waals surface area (Å²) in [4.78, 5) is 2.74. The fourth-order valence-electron chi connectivity index (χ4n) is 5.47. The molecule has 0 amide bonds. The Morgan fingerprint density at radius 1 is 0.906 bits per heavy atom. The van der Waals surface area contributed by atoms with Crippen LogP contribution in [0.2, 0.25) is 0 Å². The first-order valence-corrected chi connectivity index (χ1v) is 12.2. The second-order valence-corrected chi connectivity index (χ2v) is 10.8. The molecular weight excluding hydrogens is 393 g/mol. The van der Waals surface area contributed by atoms with Crippen LogP contribution in [0.1, 0.15) is 64.5 Å². The van der Waals surface area contributed by atoms with Gasteiger partial charge in [0.15, 0.2) is 0 Å². The zero-order valence-corrected chi connectivity index (χ0v) is 20.0. The van der Waals surface area contributed by atoms with Gasteiger partial charge in [0.25, 0.3) is 0 Å². The van der Waals surface area contributed by atoms with Crippen molar-refractivity contribution < 1.29 is 9.31 Å². The molecule has 2 saturated heterocycles. The summed E-state index contributed by atoms with van der Waals surface area (Å²) in [5.74, 6) is 0. The first-order valence-electron chi connectivity index (χ1n) is 12.2. The molecular formula is C28H36BNO2. The minimum atomic E-state index is -0.306. The van der Waals surface area contributed by atoms with E-state index in [0.29, 0.717) is 12.1 Å². The van der Waals surface area contributed by atoms with Gasteiger partial charge < -0.3 is 9.31 Å². The fraction of sp³-hybridized carbons (Fsp3) is 0.500. The number of hydrogen-bond acceptors (Lipinski definition) is 3. The topological polar surface area (TPSA) is 21.7 Å². The average molecular weight is 429 g/mol. The molecule has 0 aliphatic carbocycles. The third-order valence-electron chi connectivity index (χ3n) is 7.97. The monoisotopic (exact) mass is 429 g/mol. The van der Waals surface area contributed by atoms with Crippen LogP contribution < -0.4 is 5.46 Å². The lowest BCUT2D eigenvalue weighted by atomic mass is 9.77. The summed E-state index contributed by atoms with van der Waals surface area (Å²) in [6.45, 7) is 9.53. The van der Waals surface area contributed by atoms with Crippen molar-refractivity contribution in [3.05, 3.63) is 77.4 Å². The first kappa shape index (κ1) is 21.9. The average Bonchev–Trinajstić information content (AvgIpc) is 2.97. The van der Waals surface area contributed by atoms with Crippen LogP contribution in [0.25, 0.3) is 0 Å². The van der Waals surface area contributed by atoms with Crippen molar-refractivity contribution >= 4 is 12.6 Å². The van der Waals surface area contributed by atoms with Gasteiger partial charge in [-0.15, -0.1) is 0 Å². The van der Waals surface area contributed by atoms with Crippen LogP contribution in [-0.2, 0) is 22.3 Å². The highest BCUT2D eigenvalue weighted by Crippen LogP contribution is 2.37. The number of rotatable bonds is 5. The van der Waals surface area contributed by atoms with Gasteiger partial charge in [0.1, 0.15) is 0 Å². The van der Waals surface area contributed by atoms with Gasteiger partial charge >= 0.3 is 7.12 Å². The van der Waals surface area contributed by atoms with E-state index in [1.807, 2.05) is 0 Å². The summed E-state index contributed by atoms with van der Waals surface area (Å²) < 4.78 is 12.6. The minimum Gasteiger partial charge on any atom is -0.399 e. The van der Waals surface area contributed by atoms with Crippen LogP contribution >= 0.6 is 0 Å². The molecule has 0 spiro atoms. The Kier molecular flexibility index (Phi) is 5.81. The smallest absolute Gasteiger partial charge is 0.399 e. The lowest BCUT2D eigenvalue weighted by Crippen LogP contribution is -2.48. The zero-order valence-electron chi connectivity index (χ0n) is 20.0. The van der Waals surface area contributed by atoms with Crippen LogP contribution in [0.15, 0.2) is 66.2 Å². The number of hydrogen-bond donors (Lipinski definition) is 0. The van der Waals surface area contributed by atoms with Crippen molar-refractivity contribution in [2.75, 3.05) is 0 Å². The Labute approximate surface area is 194 Å². The molecule has 3 aliphatic heterocycles. The molecule has 3 aliphatic rings. The van der Waals surface area contributed by atoms with E-state index in [1.165, 1.54) is 36.8 Å². The van der Waals surface area contributed by atoms with Gasteiger partial charge in [0.05, 0.1) is 11.2 Å². The van der Waals surface area contributed by atoms with Crippen LogP contribution in [0, 0.1) is 0 Å². The Balaban J connectivity index is 1.30. The highest BCUT2D eigenvalue weighted by atomic mass is 16.7. The van der Waals surface area contributed by atoms with Crippen molar-refractivity contribution in [1.82, 2.24) is 4.90 Å². The van der Waals surface area contributed by atoms with E-state index in [4.69, 9.17) is 9.31 Å². The van der Waals surface area contributed by atoms with Crippen molar-refractivity contribution in [3.8, 4) is 0 Å². The molecule has 0 N–H and O–H groups in total. The lowest BCUT2D eigenvalue weighted by Gasteiger charge is -2.45. The normalized spacial score (nSPS) is 26.8. The molecule has 3 heterocycles. The summed E-state index contributed by atoms with van der Waals surface area (Å²) in [5.41, 5.74) is 4.89. The van der Waals surface area contributed by atoms with Gasteiger partial charge in [0, 0.05) is 18.6 Å². The van der Waals surface area contributed by atoms with E-state index >= 15 is 0 Å². The van der Waals surface area contributed by atoms with E-state index in [9.17, 15) is 0 Å². The third-order valence-corrected chi connectivity index (χ3v) is 7.97. The van der Waals surface area contributed by atoms with Crippen LogP contribution in [0.4, 0.5) is 0 Å². The van der Waals surface area contributed by atoms with Gasteiger partial charge in [0.2, 0.25) is 0 Å². The maximum Gasteiger partial charge on any atom is 0.494 e. The van der Waals surface area contributed by atoms with Crippen molar-refractivity contribution in [1.29, 1.82) is 0 Å². The van der Waals surface area contributed by atoms with Crippen molar-refractivity contribution in [2.45, 2.75) is 89.6 Å². The Morgan fingerprint density at radius 3 is 2.34 bits per heavy atom. The third kappa shape index (κ3) is 4.33.